The highest BCUT2D eigenvalue weighted by Crippen LogP contribution is 2.48. The van der Waals surface area contributed by atoms with E-state index in [4.69, 9.17) is 11.5 Å². The Morgan fingerprint density at radius 3 is 1.23 bits per heavy atom. The van der Waals surface area contributed by atoms with Crippen LogP contribution in [-0.4, -0.2) is 85.7 Å². The van der Waals surface area contributed by atoms with Crippen molar-refractivity contribution in [2.45, 2.75) is 205 Å². The van der Waals surface area contributed by atoms with Crippen molar-refractivity contribution in [3.63, 3.8) is 0 Å². The van der Waals surface area contributed by atoms with E-state index in [2.05, 4.69) is 81.9 Å². The van der Waals surface area contributed by atoms with Crippen LogP contribution in [0, 0.1) is 31.6 Å². The van der Waals surface area contributed by atoms with Gasteiger partial charge in [-0.25, -0.2) is 15.0 Å². The summed E-state index contributed by atoms with van der Waals surface area (Å²) >= 11 is 0. The van der Waals surface area contributed by atoms with Gasteiger partial charge >= 0.3 is 61.8 Å². The van der Waals surface area contributed by atoms with Crippen molar-refractivity contribution in [2.24, 2.45) is 34.2 Å². The third kappa shape index (κ3) is 29.6. The summed E-state index contributed by atoms with van der Waals surface area (Å²) in [5, 5.41) is 13.7. The van der Waals surface area contributed by atoms with Crippen LogP contribution in [0.3, 0.4) is 0 Å². The minimum Gasteiger partial charge on any atom is -0.381 e. The molecule has 4 aliphatic rings. The lowest BCUT2D eigenvalue weighted by atomic mass is 9.81. The predicted molar refractivity (Wildman–Crippen MR) is 416 cm³/mol. The molecular formula is C83H86F30N14O2. The highest BCUT2D eigenvalue weighted by molar-refractivity contribution is 5.95. The van der Waals surface area contributed by atoms with E-state index < -0.39 is 147 Å². The topological polar surface area (TPSA) is 245 Å². The Morgan fingerprint density at radius 1 is 0.442 bits per heavy atom. The first-order valence-electron chi connectivity index (χ1n) is 39.5. The van der Waals surface area contributed by atoms with Gasteiger partial charge in [-0.15, -0.1) is 0 Å². The van der Waals surface area contributed by atoms with Crippen LogP contribution in [0.2, 0.25) is 0 Å². The quantitative estimate of drug-likeness (QED) is 0.0364. The van der Waals surface area contributed by atoms with Crippen molar-refractivity contribution < 1.29 is 141 Å². The molecule has 12 N–H and O–H groups in total. The zero-order valence-corrected chi connectivity index (χ0v) is 68.7. The third-order valence-electron chi connectivity index (χ3n) is 20.4. The molecule has 3 aromatic heterocycles. The molecule has 0 spiro atoms. The zero-order chi connectivity index (χ0) is 96.4. The monoisotopic (exact) mass is 1880 g/mol. The number of amides is 2. The smallest absolute Gasteiger partial charge is 0.381 e. The lowest BCUT2D eigenvalue weighted by Gasteiger charge is -2.24. The SMILES string of the molecule is C=C(CN)NCc1nc2c(C(F)(F)F)cc(C(F)(F)F)cc2[nH]1.CCc1nc2c(C(F)(F)F)cc(C(F)(F)F)cc2[nH]1.Cc1cc(C(F)(F)F)c2nc(C[C@@H](CN)CC(C)C)[nH]c2c1.Cc1cc(CNC(=O)[C@H]2CCCN2)cc(C(F)(F)F)c1.FC(F)(F)c1cc2c(c(C(F)(F)F)c1)N=C(CC1CCC1)C2.O=C(NCc1cc(C(F)(F)F)cc(C(F)(F)F)c1)C1CCCN1. The van der Waals surface area contributed by atoms with Crippen molar-refractivity contribution in [3.05, 3.63) is 198 Å². The summed E-state index contributed by atoms with van der Waals surface area (Å²) in [5.74, 6) is 1.35. The number of rotatable bonds is 18. The third-order valence-corrected chi connectivity index (χ3v) is 20.4. The van der Waals surface area contributed by atoms with Gasteiger partial charge in [0.2, 0.25) is 11.8 Å². The Balaban J connectivity index is 0.000000191. The van der Waals surface area contributed by atoms with Crippen LogP contribution >= 0.6 is 0 Å². The Labute approximate surface area is 715 Å². The number of carbonyl (C=O) groups is 2. The van der Waals surface area contributed by atoms with Crippen LogP contribution in [0.1, 0.15) is 179 Å². The van der Waals surface area contributed by atoms with E-state index in [1.165, 1.54) is 0 Å². The number of halogens is 30. The molecule has 0 radical (unpaired) electrons. The molecule has 46 heteroatoms. The molecule has 0 bridgehead atoms. The second-order valence-electron chi connectivity index (χ2n) is 31.3. The Hall–Kier alpha value is -10.4. The number of aryl methyl sites for hydroxylation is 3. The molecule has 2 amide bonds. The van der Waals surface area contributed by atoms with Gasteiger partial charge in [0.05, 0.1) is 96.5 Å². The van der Waals surface area contributed by atoms with Gasteiger partial charge in [0, 0.05) is 50.3 Å². The molecule has 3 fully saturated rings. The number of aromatic nitrogens is 6. The summed E-state index contributed by atoms with van der Waals surface area (Å²) in [5.41, 5.74) is -0.490. The number of carbonyl (C=O) groups excluding carboxylic acids is 2. The number of nitrogens with two attached hydrogens (primary N) is 2. The van der Waals surface area contributed by atoms with Crippen molar-refractivity contribution in [1.82, 2.24) is 56.5 Å². The minimum absolute atomic E-state index is 0.00609. The summed E-state index contributed by atoms with van der Waals surface area (Å²) in [7, 11) is 0. The van der Waals surface area contributed by atoms with Crippen molar-refractivity contribution in [1.29, 1.82) is 0 Å². The first-order valence-corrected chi connectivity index (χ1v) is 39.5. The second kappa shape index (κ2) is 41.4. The van der Waals surface area contributed by atoms with E-state index in [1.807, 2.05) is 0 Å². The van der Waals surface area contributed by atoms with E-state index in [-0.39, 0.29) is 113 Å². The average Bonchev–Trinajstić information content (AvgIpc) is 1.65. The van der Waals surface area contributed by atoms with Crippen molar-refractivity contribution in [2.75, 3.05) is 26.2 Å². The molecule has 6 aromatic carbocycles. The largest absolute Gasteiger partial charge is 0.418 e. The summed E-state index contributed by atoms with van der Waals surface area (Å²) < 4.78 is 385. The second-order valence-corrected chi connectivity index (χ2v) is 31.3. The van der Waals surface area contributed by atoms with Crippen LogP contribution in [0.5, 0.6) is 0 Å². The molecule has 9 aromatic rings. The minimum atomic E-state index is -4.96. The van der Waals surface area contributed by atoms with E-state index in [0.717, 1.165) is 75.8 Å². The van der Waals surface area contributed by atoms with Crippen molar-refractivity contribution in [3.8, 4) is 0 Å². The molecule has 6 heterocycles. The van der Waals surface area contributed by atoms with Gasteiger partial charge in [-0.1, -0.05) is 58.2 Å². The fraction of sp³-hybridized carbons (Fsp3) is 0.470. The van der Waals surface area contributed by atoms with E-state index in [9.17, 15) is 141 Å². The number of nitrogens with one attached hydrogen (secondary N) is 8. The molecule has 13 rings (SSSR count). The number of nitrogens with zero attached hydrogens (tertiary/aromatic N) is 4. The molecule has 1 saturated carbocycles. The van der Waals surface area contributed by atoms with Gasteiger partial charge in [0.15, 0.2) is 0 Å². The number of alkyl halides is 30. The maximum absolute atomic E-state index is 13.1. The number of aromatic amines is 3. The van der Waals surface area contributed by atoms with Crippen LogP contribution < -0.4 is 38.1 Å². The molecule has 710 valence electrons. The molecule has 1 unspecified atom stereocenters. The maximum Gasteiger partial charge on any atom is 0.418 e. The van der Waals surface area contributed by atoms with Gasteiger partial charge in [-0.3, -0.25) is 14.6 Å². The van der Waals surface area contributed by atoms with Crippen LogP contribution in [-0.2, 0) is 110 Å². The molecule has 129 heavy (non-hydrogen) atoms. The summed E-state index contributed by atoms with van der Waals surface area (Å²) in [4.78, 5) is 47.1. The maximum atomic E-state index is 13.1. The average molecular weight is 1880 g/mol. The molecule has 1 aliphatic carbocycles. The normalized spacial score (nSPS) is 16.2. The number of benzene rings is 6. The van der Waals surface area contributed by atoms with Crippen LogP contribution in [0.4, 0.5) is 137 Å². The Bertz CT molecular complexity index is 5340. The fourth-order valence-corrected chi connectivity index (χ4v) is 14.1. The molecule has 2 saturated heterocycles. The first kappa shape index (κ1) is 104. The summed E-state index contributed by atoms with van der Waals surface area (Å²) in [6, 6.07) is 9.59. The fourth-order valence-electron chi connectivity index (χ4n) is 14.1. The molecule has 3 atom stereocenters. The van der Waals surface area contributed by atoms with Gasteiger partial charge in [0.1, 0.15) is 34.0 Å². The number of hydrogen-bond donors (Lipinski definition) is 10. The van der Waals surface area contributed by atoms with E-state index >= 15 is 0 Å². The molecule has 3 aliphatic heterocycles. The first-order chi connectivity index (χ1) is 59.4. The Morgan fingerprint density at radius 2 is 0.829 bits per heavy atom. The number of imidazole rings is 3. The van der Waals surface area contributed by atoms with Crippen LogP contribution in [0.15, 0.2) is 102 Å². The lowest BCUT2D eigenvalue weighted by Crippen LogP contribution is -2.40. The van der Waals surface area contributed by atoms with Gasteiger partial charge in [-0.05, 0) is 191 Å². The van der Waals surface area contributed by atoms with Crippen molar-refractivity contribution >= 4 is 56.3 Å². The molecule has 16 nitrogen and oxygen atoms in total. The number of hydrogen-bond acceptors (Lipinski definition) is 11. The Kier molecular flexibility index (Phi) is 33.4. The van der Waals surface area contributed by atoms with Crippen LogP contribution in [0.25, 0.3) is 33.1 Å². The van der Waals surface area contributed by atoms with E-state index in [0.29, 0.717) is 114 Å². The standard InChI is InChI=1S/C16H22F3N3.C15H13F6N.C14H14F6N2O.C14H17F3N2O.C13H12F6N4.C11H8F6N2/c1-9(2)4-11(8-20)7-14-21-13-6-10(3)5-12(15(13)22-14)16(17,18)19;16-14(17,18)10-5-9-6-11(4-8-2-1-3-8)22-13(9)12(7-10)15(19,20)21;15-13(16,17)9-4-8(5-10(6-9)14(18,19)20)7-22-12(23)11-2-1-3-21-11;1-9-5-10(7-11(6-9)14(15,16)17)8-19-13(20)12-3-2-4-18-12;1-6(4-20)21-5-10-22-9-3-7(12(14,15)16)2-8(11(9)23-10)13(17,18)19;1-2-8-18-7-4-5(10(12,13)14)3-6(9(7)19-8)11(15,16)17/h5-6,9,11H,4,7-8,20H2,1-3H3,(H,21,22);5,7-8H,1-4,6H2;4-6,11,21H,1-3,7H2,(H,22,23);5-7,12,18H,2-4,8H2,1H3,(H,19,20);2-3,21H,1,4-5,20H2,(H,22,23);3-4H,2H2,1H3,(H,18,19)/t11-;;;12-;;/m0..1../s1. The highest BCUT2D eigenvalue weighted by Gasteiger charge is 2.45. The number of fused-ring (bicyclic) bond motifs is 4. The number of aliphatic imine (C=N–C) groups is 1. The highest BCUT2D eigenvalue weighted by atomic mass is 19.4. The van der Waals surface area contributed by atoms with Gasteiger partial charge in [-0.2, -0.15) is 132 Å². The van der Waals surface area contributed by atoms with Gasteiger partial charge in [0.25, 0.3) is 0 Å². The zero-order valence-electron chi connectivity index (χ0n) is 68.7. The predicted octanol–water partition coefficient (Wildman–Crippen LogP) is 22.4. The lowest BCUT2D eigenvalue weighted by molar-refractivity contribution is -0.144. The summed E-state index contributed by atoms with van der Waals surface area (Å²) in [6.07, 6.45) is -39.1. The van der Waals surface area contributed by atoms with Gasteiger partial charge < -0.3 is 53.0 Å². The molecular weight excluding hydrogens is 1790 g/mol. The van der Waals surface area contributed by atoms with E-state index in [1.54, 1.807) is 32.9 Å². The number of H-pyrrole nitrogens is 3. The summed E-state index contributed by atoms with van der Waals surface area (Å²) in [6.45, 7) is 14.4.